The zero-order chi connectivity index (χ0) is 11.9. The molecule has 0 bridgehead atoms. The Hall–Kier alpha value is -1.95. The maximum absolute atomic E-state index is 11.4. The highest BCUT2D eigenvalue weighted by Crippen LogP contribution is 2.33. The number of amides is 1. The lowest BCUT2D eigenvalue weighted by molar-refractivity contribution is -0.384. The average Bonchev–Trinajstić information content (AvgIpc) is 2.25. The van der Waals surface area contributed by atoms with Gasteiger partial charge in [-0.05, 0) is 11.6 Å². The molecule has 84 valence electrons. The summed E-state index contributed by atoms with van der Waals surface area (Å²) in [7, 11) is 0. The molecule has 0 radical (unpaired) electrons. The van der Waals surface area contributed by atoms with Gasteiger partial charge in [-0.1, -0.05) is 6.92 Å². The number of nitrogens with two attached hydrogens (primary N) is 1. The van der Waals surface area contributed by atoms with E-state index in [1.165, 1.54) is 18.2 Å². The number of benzene rings is 1. The molecule has 2 atom stereocenters. The van der Waals surface area contributed by atoms with Gasteiger partial charge in [-0.2, -0.15) is 0 Å². The largest absolute Gasteiger partial charge is 0.324 e. The van der Waals surface area contributed by atoms with Crippen LogP contribution in [-0.4, -0.2) is 16.9 Å². The third-order valence-corrected chi connectivity index (χ3v) is 2.84. The van der Waals surface area contributed by atoms with Gasteiger partial charge in [-0.15, -0.1) is 0 Å². The number of anilines is 1. The van der Waals surface area contributed by atoms with E-state index in [0.717, 1.165) is 0 Å². The fourth-order valence-electron chi connectivity index (χ4n) is 1.79. The molecule has 1 aromatic rings. The highest BCUT2D eigenvalue weighted by atomic mass is 16.6. The second-order valence-corrected chi connectivity index (χ2v) is 3.83. The zero-order valence-electron chi connectivity index (χ0n) is 8.64. The average molecular weight is 221 g/mol. The summed E-state index contributed by atoms with van der Waals surface area (Å²) >= 11 is 0. The van der Waals surface area contributed by atoms with Crippen molar-refractivity contribution in [3.63, 3.8) is 0 Å². The lowest BCUT2D eigenvalue weighted by Gasteiger charge is -2.27. The Bertz CT molecular complexity index is 472. The number of carbonyl (C=O) groups is 1. The summed E-state index contributed by atoms with van der Waals surface area (Å²) in [5, 5.41) is 13.2. The van der Waals surface area contributed by atoms with Crippen molar-refractivity contribution in [2.24, 2.45) is 5.73 Å². The van der Waals surface area contributed by atoms with Crippen molar-refractivity contribution in [1.82, 2.24) is 0 Å². The minimum Gasteiger partial charge on any atom is -0.324 e. The molecule has 1 aliphatic heterocycles. The summed E-state index contributed by atoms with van der Waals surface area (Å²) in [6.45, 7) is 1.78. The summed E-state index contributed by atoms with van der Waals surface area (Å²) in [6, 6.07) is 3.70. The highest BCUT2D eigenvalue weighted by Gasteiger charge is 2.30. The lowest BCUT2D eigenvalue weighted by Crippen LogP contribution is -2.43. The van der Waals surface area contributed by atoms with Crippen LogP contribution in [0.3, 0.4) is 0 Å². The SMILES string of the molecule is CC1c2cc([N+](=O)[O-])ccc2NC(=O)C1N. The third-order valence-electron chi connectivity index (χ3n) is 2.84. The van der Waals surface area contributed by atoms with Gasteiger partial charge in [0.2, 0.25) is 5.91 Å². The number of nitro groups is 1. The smallest absolute Gasteiger partial charge is 0.269 e. The number of nitrogens with zero attached hydrogens (tertiary/aromatic N) is 1. The first-order valence-electron chi connectivity index (χ1n) is 4.85. The van der Waals surface area contributed by atoms with Crippen molar-refractivity contribution >= 4 is 17.3 Å². The molecule has 6 nitrogen and oxygen atoms in total. The predicted octanol–water partition coefficient (Wildman–Crippen LogP) is 0.978. The first-order chi connectivity index (χ1) is 7.50. The normalized spacial score (nSPS) is 23.5. The van der Waals surface area contributed by atoms with Crippen LogP contribution in [0.2, 0.25) is 0 Å². The Morgan fingerprint density at radius 1 is 1.50 bits per heavy atom. The van der Waals surface area contributed by atoms with Crippen LogP contribution in [0.1, 0.15) is 18.4 Å². The van der Waals surface area contributed by atoms with Gasteiger partial charge in [-0.3, -0.25) is 14.9 Å². The van der Waals surface area contributed by atoms with Crippen molar-refractivity contribution in [3.8, 4) is 0 Å². The lowest BCUT2D eigenvalue weighted by atomic mass is 9.88. The second kappa shape index (κ2) is 3.57. The van der Waals surface area contributed by atoms with E-state index in [1.54, 1.807) is 6.92 Å². The minimum absolute atomic E-state index is 0.00829. The molecule has 6 heteroatoms. The molecule has 0 saturated carbocycles. The van der Waals surface area contributed by atoms with Gasteiger partial charge < -0.3 is 11.1 Å². The number of rotatable bonds is 1. The van der Waals surface area contributed by atoms with Gasteiger partial charge >= 0.3 is 0 Å². The van der Waals surface area contributed by atoms with Crippen LogP contribution >= 0.6 is 0 Å². The van der Waals surface area contributed by atoms with Crippen LogP contribution in [0.15, 0.2) is 18.2 Å². The van der Waals surface area contributed by atoms with Crippen LogP contribution in [0.4, 0.5) is 11.4 Å². The van der Waals surface area contributed by atoms with Gasteiger partial charge in [0.05, 0.1) is 11.0 Å². The molecule has 3 N–H and O–H groups in total. The summed E-state index contributed by atoms with van der Waals surface area (Å²) in [5.41, 5.74) is 7.00. The number of nitro benzene ring substituents is 1. The summed E-state index contributed by atoms with van der Waals surface area (Å²) in [4.78, 5) is 21.6. The Morgan fingerprint density at radius 3 is 2.81 bits per heavy atom. The standard InChI is InChI=1S/C10H11N3O3/c1-5-7-4-6(13(15)16)2-3-8(7)12-10(14)9(5)11/h2-5,9H,11H2,1H3,(H,12,14). The van der Waals surface area contributed by atoms with Gasteiger partial charge in [0.1, 0.15) is 0 Å². The Labute approximate surface area is 91.6 Å². The number of hydrogen-bond acceptors (Lipinski definition) is 4. The van der Waals surface area contributed by atoms with Crippen molar-refractivity contribution in [1.29, 1.82) is 0 Å². The van der Waals surface area contributed by atoms with Crippen LogP contribution in [0.25, 0.3) is 0 Å². The molecule has 0 spiro atoms. The Balaban J connectivity index is 2.50. The number of carbonyl (C=O) groups excluding carboxylic acids is 1. The van der Waals surface area contributed by atoms with Crippen LogP contribution in [-0.2, 0) is 4.79 Å². The summed E-state index contributed by atoms with van der Waals surface area (Å²) in [6.07, 6.45) is 0. The molecule has 2 rings (SSSR count). The molecular formula is C10H11N3O3. The molecule has 16 heavy (non-hydrogen) atoms. The predicted molar refractivity (Wildman–Crippen MR) is 58.1 cm³/mol. The minimum atomic E-state index is -0.658. The number of nitrogens with one attached hydrogen (secondary N) is 1. The first kappa shape index (κ1) is 10.6. The number of non-ortho nitro benzene ring substituents is 1. The zero-order valence-corrected chi connectivity index (χ0v) is 8.64. The molecule has 1 amide bonds. The van der Waals surface area contributed by atoms with Crippen molar-refractivity contribution in [3.05, 3.63) is 33.9 Å². The van der Waals surface area contributed by atoms with E-state index in [4.69, 9.17) is 5.73 Å². The van der Waals surface area contributed by atoms with E-state index in [-0.39, 0.29) is 17.5 Å². The summed E-state index contributed by atoms with van der Waals surface area (Å²) < 4.78 is 0. The fourth-order valence-corrected chi connectivity index (χ4v) is 1.79. The highest BCUT2D eigenvalue weighted by molar-refractivity contribution is 5.98. The van der Waals surface area contributed by atoms with E-state index in [2.05, 4.69) is 5.32 Å². The molecule has 2 unspecified atom stereocenters. The second-order valence-electron chi connectivity index (χ2n) is 3.83. The number of fused-ring (bicyclic) bond motifs is 1. The molecule has 1 aromatic carbocycles. The Kier molecular flexibility index (Phi) is 2.35. The first-order valence-corrected chi connectivity index (χ1v) is 4.85. The number of hydrogen-bond donors (Lipinski definition) is 2. The quantitative estimate of drug-likeness (QED) is 0.545. The van der Waals surface area contributed by atoms with Gasteiger partial charge in [-0.25, -0.2) is 0 Å². The van der Waals surface area contributed by atoms with Crippen molar-refractivity contribution < 1.29 is 9.72 Å². The monoisotopic (exact) mass is 221 g/mol. The molecule has 0 fully saturated rings. The molecule has 0 aliphatic carbocycles. The molecule has 1 heterocycles. The van der Waals surface area contributed by atoms with E-state index >= 15 is 0 Å². The van der Waals surface area contributed by atoms with Gasteiger partial charge in [0.15, 0.2) is 0 Å². The van der Waals surface area contributed by atoms with E-state index in [0.29, 0.717) is 11.3 Å². The van der Waals surface area contributed by atoms with Crippen LogP contribution in [0.5, 0.6) is 0 Å². The van der Waals surface area contributed by atoms with E-state index in [9.17, 15) is 14.9 Å². The topological polar surface area (TPSA) is 98.3 Å². The molecule has 0 aromatic heterocycles. The van der Waals surface area contributed by atoms with E-state index < -0.39 is 11.0 Å². The van der Waals surface area contributed by atoms with E-state index in [1.807, 2.05) is 0 Å². The molecule has 1 aliphatic rings. The van der Waals surface area contributed by atoms with Crippen LogP contribution < -0.4 is 11.1 Å². The summed E-state index contributed by atoms with van der Waals surface area (Å²) in [5.74, 6) is -0.475. The maximum atomic E-state index is 11.4. The maximum Gasteiger partial charge on any atom is 0.269 e. The fraction of sp³-hybridized carbons (Fsp3) is 0.300. The van der Waals surface area contributed by atoms with Crippen molar-refractivity contribution in [2.45, 2.75) is 18.9 Å². The third kappa shape index (κ3) is 1.53. The molecular weight excluding hydrogens is 210 g/mol. The van der Waals surface area contributed by atoms with Gasteiger partial charge in [0, 0.05) is 23.7 Å². The van der Waals surface area contributed by atoms with Crippen LogP contribution in [0, 0.1) is 10.1 Å². The van der Waals surface area contributed by atoms with Gasteiger partial charge in [0.25, 0.3) is 5.69 Å². The van der Waals surface area contributed by atoms with Crippen molar-refractivity contribution in [2.75, 3.05) is 5.32 Å². The Morgan fingerprint density at radius 2 is 2.19 bits per heavy atom. The molecule has 0 saturated heterocycles.